The van der Waals surface area contributed by atoms with Crippen LogP contribution in [0.25, 0.3) is 0 Å². The van der Waals surface area contributed by atoms with E-state index in [4.69, 9.17) is 5.90 Å². The zero-order valence-corrected chi connectivity index (χ0v) is 11.8. The first-order valence-electron chi connectivity index (χ1n) is 6.20. The Bertz CT molecular complexity index is 197. The van der Waals surface area contributed by atoms with Gasteiger partial charge in [-0.1, -0.05) is 13.8 Å². The molecule has 0 radical (unpaired) electrons. The van der Waals surface area contributed by atoms with Crippen LogP contribution in [0.2, 0.25) is 0 Å². The Kier molecular flexibility index (Phi) is 10.6. The minimum atomic E-state index is 0.208. The molecule has 1 heterocycles. The molecular weight excluding hydrogens is 238 g/mol. The SMILES string of the molecule is CC.NOCCN1CCN(C(=O)CCS)CC1. The molecule has 1 aliphatic heterocycles. The van der Waals surface area contributed by atoms with Crippen LogP contribution in [0, 0.1) is 0 Å². The van der Waals surface area contributed by atoms with Crippen molar-refractivity contribution in [2.75, 3.05) is 45.1 Å². The van der Waals surface area contributed by atoms with Crippen molar-refractivity contribution in [3.63, 3.8) is 0 Å². The topological polar surface area (TPSA) is 58.8 Å². The molecular formula is C11H25N3O2S. The highest BCUT2D eigenvalue weighted by molar-refractivity contribution is 7.80. The van der Waals surface area contributed by atoms with Crippen LogP contribution < -0.4 is 5.90 Å². The molecule has 2 N–H and O–H groups in total. The Morgan fingerprint density at radius 1 is 1.29 bits per heavy atom. The number of carbonyl (C=O) groups excluding carboxylic acids is 1. The molecule has 0 atom stereocenters. The van der Waals surface area contributed by atoms with Crippen LogP contribution in [0.15, 0.2) is 0 Å². The lowest BCUT2D eigenvalue weighted by Gasteiger charge is -2.34. The summed E-state index contributed by atoms with van der Waals surface area (Å²) in [5, 5.41) is 0. The molecule has 17 heavy (non-hydrogen) atoms. The van der Waals surface area contributed by atoms with Gasteiger partial charge in [0.15, 0.2) is 0 Å². The summed E-state index contributed by atoms with van der Waals surface area (Å²) in [5.74, 6) is 5.79. The van der Waals surface area contributed by atoms with Crippen LogP contribution in [-0.4, -0.2) is 60.8 Å². The van der Waals surface area contributed by atoms with Crippen molar-refractivity contribution in [2.45, 2.75) is 20.3 Å². The lowest BCUT2D eigenvalue weighted by atomic mass is 10.3. The average molecular weight is 263 g/mol. The van der Waals surface area contributed by atoms with Crippen molar-refractivity contribution in [3.8, 4) is 0 Å². The van der Waals surface area contributed by atoms with Gasteiger partial charge in [-0.25, -0.2) is 5.90 Å². The van der Waals surface area contributed by atoms with Gasteiger partial charge < -0.3 is 9.74 Å². The molecule has 1 fully saturated rings. The largest absolute Gasteiger partial charge is 0.340 e. The van der Waals surface area contributed by atoms with Crippen molar-refractivity contribution < 1.29 is 9.63 Å². The van der Waals surface area contributed by atoms with E-state index in [1.165, 1.54) is 0 Å². The normalized spacial score (nSPS) is 16.4. The van der Waals surface area contributed by atoms with E-state index in [1.807, 2.05) is 18.7 Å². The lowest BCUT2D eigenvalue weighted by molar-refractivity contribution is -0.132. The van der Waals surface area contributed by atoms with Gasteiger partial charge in [-0.05, 0) is 5.75 Å². The minimum Gasteiger partial charge on any atom is -0.340 e. The predicted octanol–water partition coefficient (Wildman–Crippen LogP) is 0.367. The number of thiol groups is 1. The fraction of sp³-hybridized carbons (Fsp3) is 0.909. The van der Waals surface area contributed by atoms with Gasteiger partial charge in [0.05, 0.1) is 6.61 Å². The van der Waals surface area contributed by atoms with E-state index in [0.29, 0.717) is 18.8 Å². The molecule has 1 rings (SSSR count). The van der Waals surface area contributed by atoms with Crippen molar-refractivity contribution in [3.05, 3.63) is 0 Å². The summed E-state index contributed by atoms with van der Waals surface area (Å²) in [4.78, 5) is 20.2. The van der Waals surface area contributed by atoms with E-state index in [1.54, 1.807) is 0 Å². The van der Waals surface area contributed by atoms with Gasteiger partial charge in [0.25, 0.3) is 0 Å². The first-order valence-corrected chi connectivity index (χ1v) is 6.84. The molecule has 0 aromatic rings. The van der Waals surface area contributed by atoms with Gasteiger partial charge in [0, 0.05) is 39.1 Å². The van der Waals surface area contributed by atoms with Crippen LogP contribution in [0.3, 0.4) is 0 Å². The highest BCUT2D eigenvalue weighted by atomic mass is 32.1. The molecule has 0 spiro atoms. The summed E-state index contributed by atoms with van der Waals surface area (Å²) >= 11 is 4.05. The van der Waals surface area contributed by atoms with Crippen LogP contribution in [0.4, 0.5) is 0 Å². The predicted molar refractivity (Wildman–Crippen MR) is 73.0 cm³/mol. The zero-order chi connectivity index (χ0) is 13.1. The molecule has 102 valence electrons. The summed E-state index contributed by atoms with van der Waals surface area (Å²) in [7, 11) is 0. The van der Waals surface area contributed by atoms with Gasteiger partial charge in [0.1, 0.15) is 0 Å². The Morgan fingerprint density at radius 3 is 2.35 bits per heavy atom. The number of hydrogen-bond donors (Lipinski definition) is 2. The number of hydrogen-bond acceptors (Lipinski definition) is 5. The van der Waals surface area contributed by atoms with Gasteiger partial charge in [0.2, 0.25) is 5.91 Å². The highest BCUT2D eigenvalue weighted by Gasteiger charge is 2.19. The maximum atomic E-state index is 11.5. The van der Waals surface area contributed by atoms with Gasteiger partial charge >= 0.3 is 0 Å². The lowest BCUT2D eigenvalue weighted by Crippen LogP contribution is -2.49. The summed E-state index contributed by atoms with van der Waals surface area (Å²) < 4.78 is 0. The minimum absolute atomic E-state index is 0.208. The number of rotatable bonds is 5. The fourth-order valence-corrected chi connectivity index (χ4v) is 1.85. The Hall–Kier alpha value is -0.300. The Morgan fingerprint density at radius 2 is 1.88 bits per heavy atom. The molecule has 1 amide bonds. The number of amides is 1. The average Bonchev–Trinajstić information content (AvgIpc) is 2.39. The van der Waals surface area contributed by atoms with E-state index in [-0.39, 0.29) is 5.91 Å². The van der Waals surface area contributed by atoms with E-state index < -0.39 is 0 Å². The van der Waals surface area contributed by atoms with E-state index >= 15 is 0 Å². The third-order valence-electron chi connectivity index (χ3n) is 2.58. The standard InChI is InChI=1S/C9H19N3O2S.C2H6/c10-14-7-6-11-2-4-12(5-3-11)9(13)1-8-15;1-2/h15H,1-8,10H2;1-2H3. The number of carbonyl (C=O) groups is 1. The second-order valence-electron chi connectivity index (χ2n) is 3.57. The molecule has 0 aromatic carbocycles. The first kappa shape index (κ1) is 16.7. The molecule has 0 aliphatic carbocycles. The van der Waals surface area contributed by atoms with Gasteiger partial charge in [-0.15, -0.1) is 0 Å². The molecule has 1 saturated heterocycles. The van der Waals surface area contributed by atoms with Gasteiger partial charge in [-0.2, -0.15) is 12.6 Å². The number of piperazine rings is 1. The third-order valence-corrected chi connectivity index (χ3v) is 2.80. The third kappa shape index (κ3) is 6.88. The molecule has 0 unspecified atom stereocenters. The van der Waals surface area contributed by atoms with E-state index in [0.717, 1.165) is 32.7 Å². The van der Waals surface area contributed by atoms with Crippen LogP contribution >= 0.6 is 12.6 Å². The number of nitrogens with two attached hydrogens (primary N) is 1. The molecule has 6 heteroatoms. The second kappa shape index (κ2) is 10.8. The van der Waals surface area contributed by atoms with Crippen LogP contribution in [0.1, 0.15) is 20.3 Å². The smallest absolute Gasteiger partial charge is 0.223 e. The molecule has 5 nitrogen and oxygen atoms in total. The maximum Gasteiger partial charge on any atom is 0.223 e. The van der Waals surface area contributed by atoms with Crippen molar-refractivity contribution in [2.24, 2.45) is 5.90 Å². The summed E-state index contributed by atoms with van der Waals surface area (Å²) in [6.07, 6.45) is 0.537. The number of nitrogens with zero attached hydrogens (tertiary/aromatic N) is 2. The summed E-state index contributed by atoms with van der Waals surface area (Å²) in [6.45, 7) is 8.80. The van der Waals surface area contributed by atoms with Crippen LogP contribution in [0.5, 0.6) is 0 Å². The molecule has 0 saturated carbocycles. The monoisotopic (exact) mass is 263 g/mol. The molecule has 0 aromatic heterocycles. The van der Waals surface area contributed by atoms with Crippen molar-refractivity contribution >= 4 is 18.5 Å². The van der Waals surface area contributed by atoms with Crippen LogP contribution in [-0.2, 0) is 9.63 Å². The van der Waals surface area contributed by atoms with Gasteiger partial charge in [-0.3, -0.25) is 9.69 Å². The Labute approximate surface area is 110 Å². The highest BCUT2D eigenvalue weighted by Crippen LogP contribution is 2.03. The van der Waals surface area contributed by atoms with Crippen molar-refractivity contribution in [1.82, 2.24) is 9.80 Å². The summed E-state index contributed by atoms with van der Waals surface area (Å²) in [6, 6.07) is 0. The summed E-state index contributed by atoms with van der Waals surface area (Å²) in [5.41, 5.74) is 0. The second-order valence-corrected chi connectivity index (χ2v) is 4.01. The first-order chi connectivity index (χ1) is 8.27. The zero-order valence-electron chi connectivity index (χ0n) is 10.9. The van der Waals surface area contributed by atoms with E-state index in [2.05, 4.69) is 22.4 Å². The van der Waals surface area contributed by atoms with E-state index in [9.17, 15) is 4.79 Å². The fourth-order valence-electron chi connectivity index (χ4n) is 1.66. The molecule has 1 aliphatic rings. The van der Waals surface area contributed by atoms with Crippen molar-refractivity contribution in [1.29, 1.82) is 0 Å². The Balaban J connectivity index is 0.00000121. The maximum absolute atomic E-state index is 11.5. The quantitative estimate of drug-likeness (QED) is 0.556. The molecule has 0 bridgehead atoms.